The van der Waals surface area contributed by atoms with Crippen LogP contribution >= 0.6 is 0 Å². The van der Waals surface area contributed by atoms with Crippen LogP contribution in [0.25, 0.3) is 0 Å². The quantitative estimate of drug-likeness (QED) is 0.634. The van der Waals surface area contributed by atoms with Gasteiger partial charge < -0.3 is 4.90 Å². The van der Waals surface area contributed by atoms with Gasteiger partial charge in [-0.2, -0.15) is 0 Å². The van der Waals surface area contributed by atoms with Gasteiger partial charge in [0.2, 0.25) is 10.0 Å². The molecule has 140 valence electrons. The van der Waals surface area contributed by atoms with Gasteiger partial charge in [-0.3, -0.25) is 10.1 Å². The molecule has 1 aromatic rings. The van der Waals surface area contributed by atoms with Crippen molar-refractivity contribution in [3.63, 3.8) is 0 Å². The predicted octanol–water partition coefficient (Wildman–Crippen LogP) is 3.44. The molecule has 0 bridgehead atoms. The molecular weight excluding hydrogens is 342 g/mol. The smallest absolute Gasteiger partial charge is 0.293 e. The lowest BCUT2D eigenvalue weighted by atomic mass is 9.94. The Morgan fingerprint density at radius 2 is 1.80 bits per heavy atom. The van der Waals surface area contributed by atoms with E-state index in [0.717, 1.165) is 31.7 Å². The second kappa shape index (κ2) is 7.29. The molecule has 1 aromatic carbocycles. The third-order valence-corrected chi connectivity index (χ3v) is 6.15. The van der Waals surface area contributed by atoms with Crippen molar-refractivity contribution < 1.29 is 13.3 Å². The summed E-state index contributed by atoms with van der Waals surface area (Å²) in [5, 5.41) is 11.5. The highest BCUT2D eigenvalue weighted by atomic mass is 32.2. The first-order valence-electron chi connectivity index (χ1n) is 8.56. The molecule has 0 unspecified atom stereocenters. The number of nitro groups is 1. The summed E-state index contributed by atoms with van der Waals surface area (Å²) in [6, 6.07) is 4.39. The number of nitro benzene ring substituents is 1. The van der Waals surface area contributed by atoms with E-state index in [0.29, 0.717) is 5.69 Å². The van der Waals surface area contributed by atoms with Gasteiger partial charge >= 0.3 is 0 Å². The van der Waals surface area contributed by atoms with Crippen molar-refractivity contribution in [3.05, 3.63) is 28.3 Å². The first-order chi connectivity index (χ1) is 11.5. The lowest BCUT2D eigenvalue weighted by Gasteiger charge is -2.32. The molecule has 0 amide bonds. The summed E-state index contributed by atoms with van der Waals surface area (Å²) in [5.74, 6) is 0. The summed E-state index contributed by atoms with van der Waals surface area (Å²) in [6.07, 6.45) is 5.43. The van der Waals surface area contributed by atoms with Crippen LogP contribution in [0.2, 0.25) is 0 Å². The number of rotatable bonds is 5. The molecule has 1 aliphatic rings. The van der Waals surface area contributed by atoms with Gasteiger partial charge in [0.25, 0.3) is 5.69 Å². The molecule has 8 heteroatoms. The van der Waals surface area contributed by atoms with Crippen LogP contribution < -0.4 is 9.62 Å². The van der Waals surface area contributed by atoms with Crippen LogP contribution in [-0.2, 0) is 10.0 Å². The van der Waals surface area contributed by atoms with Crippen molar-refractivity contribution >= 4 is 21.4 Å². The second-order valence-electron chi connectivity index (χ2n) is 7.67. The minimum atomic E-state index is -3.81. The summed E-state index contributed by atoms with van der Waals surface area (Å²) in [6.45, 7) is 5.18. The Balaban J connectivity index is 2.39. The normalized spacial score (nSPS) is 16.6. The maximum atomic E-state index is 12.5. The highest BCUT2D eigenvalue weighted by Gasteiger charge is 2.28. The molecule has 0 spiro atoms. The van der Waals surface area contributed by atoms with Gasteiger partial charge in [-0.1, -0.05) is 19.3 Å². The third-order valence-electron chi connectivity index (χ3n) is 4.40. The van der Waals surface area contributed by atoms with Crippen LogP contribution in [-0.4, -0.2) is 32.0 Å². The molecule has 7 nitrogen and oxygen atoms in total. The van der Waals surface area contributed by atoms with E-state index >= 15 is 0 Å². The number of benzene rings is 1. The van der Waals surface area contributed by atoms with Gasteiger partial charge in [0.15, 0.2) is 0 Å². The summed E-state index contributed by atoms with van der Waals surface area (Å²) in [4.78, 5) is 12.9. The van der Waals surface area contributed by atoms with E-state index < -0.39 is 20.5 Å². The maximum Gasteiger partial charge on any atom is 0.293 e. The zero-order chi connectivity index (χ0) is 18.8. The molecule has 1 N–H and O–H groups in total. The van der Waals surface area contributed by atoms with Crippen molar-refractivity contribution in [2.24, 2.45) is 0 Å². The standard InChI is InChI=1S/C17H27N3O4S/c1-17(2,3)18-25(23,24)14-10-11-15(16(12-14)20(21)22)19(4)13-8-6-5-7-9-13/h10-13,18H,5-9H2,1-4H3. The summed E-state index contributed by atoms with van der Waals surface area (Å²) >= 11 is 0. The zero-order valence-electron chi connectivity index (χ0n) is 15.3. The molecule has 0 aliphatic heterocycles. The first-order valence-corrected chi connectivity index (χ1v) is 10.0. The monoisotopic (exact) mass is 369 g/mol. The topological polar surface area (TPSA) is 92.6 Å². The van der Waals surface area contributed by atoms with Crippen molar-refractivity contribution in [3.8, 4) is 0 Å². The number of hydrogen-bond donors (Lipinski definition) is 1. The first kappa shape index (κ1) is 19.7. The fraction of sp³-hybridized carbons (Fsp3) is 0.647. The third kappa shape index (κ3) is 4.92. The number of nitrogens with one attached hydrogen (secondary N) is 1. The van der Waals surface area contributed by atoms with E-state index in [1.807, 2.05) is 11.9 Å². The minimum Gasteiger partial charge on any atom is -0.366 e. The van der Waals surface area contributed by atoms with Crippen LogP contribution in [0.15, 0.2) is 23.1 Å². The highest BCUT2D eigenvalue weighted by Crippen LogP contribution is 2.34. The Morgan fingerprint density at radius 1 is 1.20 bits per heavy atom. The van der Waals surface area contributed by atoms with Gasteiger partial charge in [-0.25, -0.2) is 13.1 Å². The van der Waals surface area contributed by atoms with Crippen LogP contribution in [0.3, 0.4) is 0 Å². The van der Waals surface area contributed by atoms with Crippen LogP contribution in [0.4, 0.5) is 11.4 Å². The second-order valence-corrected chi connectivity index (χ2v) is 9.35. The number of sulfonamides is 1. The molecule has 0 aromatic heterocycles. The van der Waals surface area contributed by atoms with Crippen LogP contribution in [0.5, 0.6) is 0 Å². The van der Waals surface area contributed by atoms with Gasteiger partial charge in [-0.15, -0.1) is 0 Å². The van der Waals surface area contributed by atoms with Crippen molar-refractivity contribution in [2.45, 2.75) is 69.4 Å². The fourth-order valence-electron chi connectivity index (χ4n) is 3.24. The summed E-state index contributed by atoms with van der Waals surface area (Å²) in [7, 11) is -1.97. The van der Waals surface area contributed by atoms with E-state index in [2.05, 4.69) is 4.72 Å². The van der Waals surface area contributed by atoms with Crippen LogP contribution in [0, 0.1) is 10.1 Å². The van der Waals surface area contributed by atoms with Crippen molar-refractivity contribution in [1.82, 2.24) is 4.72 Å². The number of nitrogens with zero attached hydrogens (tertiary/aromatic N) is 2. The maximum absolute atomic E-state index is 12.5. The van der Waals surface area contributed by atoms with Gasteiger partial charge in [-0.05, 0) is 45.7 Å². The zero-order valence-corrected chi connectivity index (χ0v) is 16.1. The van der Waals surface area contributed by atoms with Gasteiger partial charge in [0.1, 0.15) is 5.69 Å². The average molecular weight is 369 g/mol. The van der Waals surface area contributed by atoms with Crippen molar-refractivity contribution in [1.29, 1.82) is 0 Å². The van der Waals surface area contributed by atoms with E-state index in [1.165, 1.54) is 12.5 Å². The Morgan fingerprint density at radius 3 is 2.32 bits per heavy atom. The molecule has 0 atom stereocenters. The lowest BCUT2D eigenvalue weighted by Crippen LogP contribution is -2.40. The Kier molecular flexibility index (Phi) is 5.73. The summed E-state index contributed by atoms with van der Waals surface area (Å²) in [5.41, 5.74) is -0.373. The van der Waals surface area contributed by atoms with Crippen LogP contribution in [0.1, 0.15) is 52.9 Å². The molecule has 1 saturated carbocycles. The van der Waals surface area contributed by atoms with E-state index in [1.54, 1.807) is 26.8 Å². The average Bonchev–Trinajstić information content (AvgIpc) is 2.52. The lowest BCUT2D eigenvalue weighted by molar-refractivity contribution is -0.384. The highest BCUT2D eigenvalue weighted by molar-refractivity contribution is 7.89. The minimum absolute atomic E-state index is 0.0880. The van der Waals surface area contributed by atoms with Gasteiger partial charge in [0, 0.05) is 24.7 Å². The molecule has 0 heterocycles. The molecule has 2 rings (SSSR count). The molecule has 25 heavy (non-hydrogen) atoms. The molecule has 1 fully saturated rings. The molecule has 0 radical (unpaired) electrons. The number of anilines is 1. The van der Waals surface area contributed by atoms with Gasteiger partial charge in [0.05, 0.1) is 9.82 Å². The van der Waals surface area contributed by atoms with Crippen molar-refractivity contribution in [2.75, 3.05) is 11.9 Å². The molecule has 1 aliphatic carbocycles. The van der Waals surface area contributed by atoms with E-state index in [4.69, 9.17) is 0 Å². The summed E-state index contributed by atoms with van der Waals surface area (Å²) < 4.78 is 27.4. The number of hydrogen-bond acceptors (Lipinski definition) is 5. The Bertz CT molecular complexity index is 735. The Hall–Kier alpha value is -1.67. The molecular formula is C17H27N3O4S. The largest absolute Gasteiger partial charge is 0.366 e. The molecule has 0 saturated heterocycles. The predicted molar refractivity (Wildman–Crippen MR) is 98.4 cm³/mol. The Labute approximate surface area is 149 Å². The fourth-order valence-corrected chi connectivity index (χ4v) is 4.68. The SMILES string of the molecule is CN(c1ccc(S(=O)(=O)NC(C)(C)C)cc1[N+](=O)[O-])C1CCCCC1. The van der Waals surface area contributed by atoms with E-state index in [-0.39, 0.29) is 16.6 Å². The van der Waals surface area contributed by atoms with E-state index in [9.17, 15) is 18.5 Å².